The van der Waals surface area contributed by atoms with Crippen LogP contribution < -0.4 is 0 Å². The first-order valence-corrected chi connectivity index (χ1v) is 6.67. The van der Waals surface area contributed by atoms with Crippen LogP contribution in [0.25, 0.3) is 22.4 Å². The average molecular weight is 267 g/mol. The minimum Gasteiger partial charge on any atom is -0.381 e. The Morgan fingerprint density at radius 2 is 2.10 bits per heavy atom. The molecule has 0 spiro atoms. The molecule has 3 aromatic rings. The van der Waals surface area contributed by atoms with Gasteiger partial charge < -0.3 is 9.26 Å². The molecule has 20 heavy (non-hydrogen) atoms. The average Bonchev–Trinajstić information content (AvgIpc) is 3.17. The van der Waals surface area contributed by atoms with E-state index in [1.165, 1.54) is 0 Å². The van der Waals surface area contributed by atoms with Crippen LogP contribution in [0.2, 0.25) is 0 Å². The number of hydrogen-bond acceptors (Lipinski definition) is 5. The van der Waals surface area contributed by atoms with Crippen LogP contribution in [0.3, 0.4) is 0 Å². The zero-order valence-corrected chi connectivity index (χ0v) is 10.8. The standard InChI is InChI=1S/C15H13N3O2/c1-2-4-12-10(3-1)5-7-16-13(12)15-17-14(18-20-15)11-6-8-19-9-11/h1-5,7,11H,6,8-9H2/t11-/m0/s1. The quantitative estimate of drug-likeness (QED) is 0.714. The summed E-state index contributed by atoms with van der Waals surface area (Å²) in [6.07, 6.45) is 2.71. The van der Waals surface area contributed by atoms with Gasteiger partial charge in [0.1, 0.15) is 5.69 Å². The van der Waals surface area contributed by atoms with Crippen LogP contribution in [-0.4, -0.2) is 28.3 Å². The van der Waals surface area contributed by atoms with Crippen LogP contribution in [0.1, 0.15) is 18.2 Å². The van der Waals surface area contributed by atoms with Crippen molar-refractivity contribution in [1.29, 1.82) is 0 Å². The van der Waals surface area contributed by atoms with Crippen molar-refractivity contribution in [3.05, 3.63) is 42.4 Å². The van der Waals surface area contributed by atoms with E-state index in [4.69, 9.17) is 9.26 Å². The van der Waals surface area contributed by atoms with E-state index in [-0.39, 0.29) is 5.92 Å². The van der Waals surface area contributed by atoms with Crippen LogP contribution in [0.15, 0.2) is 41.1 Å². The van der Waals surface area contributed by atoms with Crippen molar-refractivity contribution in [2.24, 2.45) is 0 Å². The molecule has 1 atom stereocenters. The molecule has 0 unspecified atom stereocenters. The Labute approximate surface area is 115 Å². The van der Waals surface area contributed by atoms with Gasteiger partial charge in [0.05, 0.1) is 6.61 Å². The van der Waals surface area contributed by atoms with Gasteiger partial charge in [-0.2, -0.15) is 4.98 Å². The summed E-state index contributed by atoms with van der Waals surface area (Å²) in [6, 6.07) is 10.0. The molecule has 0 aliphatic carbocycles. The predicted octanol–water partition coefficient (Wildman–Crippen LogP) is 2.79. The Morgan fingerprint density at radius 3 is 3.00 bits per heavy atom. The van der Waals surface area contributed by atoms with Gasteiger partial charge in [0, 0.05) is 24.1 Å². The third kappa shape index (κ3) is 1.87. The lowest BCUT2D eigenvalue weighted by atomic mass is 10.1. The number of fused-ring (bicyclic) bond motifs is 1. The molecule has 1 fully saturated rings. The number of rotatable bonds is 2. The van der Waals surface area contributed by atoms with Crippen molar-refractivity contribution in [1.82, 2.24) is 15.1 Å². The maximum Gasteiger partial charge on any atom is 0.277 e. The third-order valence-electron chi connectivity index (χ3n) is 3.61. The van der Waals surface area contributed by atoms with E-state index >= 15 is 0 Å². The molecule has 2 aromatic heterocycles. The molecule has 1 saturated heterocycles. The summed E-state index contributed by atoms with van der Waals surface area (Å²) in [6.45, 7) is 1.43. The first-order chi connectivity index (χ1) is 9.92. The molecule has 0 N–H and O–H groups in total. The first kappa shape index (κ1) is 11.5. The summed E-state index contributed by atoms with van der Waals surface area (Å²) >= 11 is 0. The van der Waals surface area contributed by atoms with E-state index in [1.54, 1.807) is 6.20 Å². The number of ether oxygens (including phenoxy) is 1. The topological polar surface area (TPSA) is 61.0 Å². The largest absolute Gasteiger partial charge is 0.381 e. The van der Waals surface area contributed by atoms with E-state index < -0.39 is 0 Å². The Morgan fingerprint density at radius 1 is 1.15 bits per heavy atom. The monoisotopic (exact) mass is 267 g/mol. The number of nitrogens with zero attached hydrogens (tertiary/aromatic N) is 3. The molecule has 1 aliphatic rings. The SMILES string of the molecule is c1ccc2c(-c3nc([C@H]4CCOC4)no3)nccc2c1. The highest BCUT2D eigenvalue weighted by molar-refractivity contribution is 5.92. The van der Waals surface area contributed by atoms with Gasteiger partial charge in [-0.3, -0.25) is 4.98 Å². The molecule has 3 heterocycles. The summed E-state index contributed by atoms with van der Waals surface area (Å²) in [5.41, 5.74) is 0.737. The molecule has 4 rings (SSSR count). The van der Waals surface area contributed by atoms with Crippen molar-refractivity contribution in [3.63, 3.8) is 0 Å². The number of hydrogen-bond donors (Lipinski definition) is 0. The molecule has 5 heteroatoms. The van der Waals surface area contributed by atoms with Gasteiger partial charge >= 0.3 is 0 Å². The second-order valence-electron chi connectivity index (χ2n) is 4.90. The maximum atomic E-state index is 5.39. The summed E-state index contributed by atoms with van der Waals surface area (Å²) in [4.78, 5) is 8.88. The smallest absolute Gasteiger partial charge is 0.277 e. The van der Waals surface area contributed by atoms with Crippen molar-refractivity contribution in [3.8, 4) is 11.6 Å². The van der Waals surface area contributed by atoms with Gasteiger partial charge in [-0.25, -0.2) is 0 Å². The molecule has 1 aromatic carbocycles. The third-order valence-corrected chi connectivity index (χ3v) is 3.61. The zero-order chi connectivity index (χ0) is 13.4. The molecule has 1 aliphatic heterocycles. The van der Waals surface area contributed by atoms with Gasteiger partial charge in [-0.15, -0.1) is 0 Å². The Balaban J connectivity index is 1.79. The van der Waals surface area contributed by atoms with Crippen LogP contribution in [0.5, 0.6) is 0 Å². The second kappa shape index (κ2) is 4.68. The summed E-state index contributed by atoms with van der Waals surface area (Å²) in [5.74, 6) is 1.43. The molecular weight excluding hydrogens is 254 g/mol. The van der Waals surface area contributed by atoms with E-state index in [1.807, 2.05) is 30.3 Å². The van der Waals surface area contributed by atoms with Crippen LogP contribution in [0.4, 0.5) is 0 Å². The van der Waals surface area contributed by atoms with Crippen molar-refractivity contribution >= 4 is 10.8 Å². The molecule has 5 nitrogen and oxygen atoms in total. The summed E-state index contributed by atoms with van der Waals surface area (Å²) < 4.78 is 10.8. The fraction of sp³-hybridized carbons (Fsp3) is 0.267. The number of benzene rings is 1. The molecular formula is C15H13N3O2. The predicted molar refractivity (Wildman–Crippen MR) is 73.2 cm³/mol. The van der Waals surface area contributed by atoms with Crippen molar-refractivity contribution in [2.45, 2.75) is 12.3 Å². The minimum atomic E-state index is 0.238. The molecule has 0 amide bonds. The highest BCUT2D eigenvalue weighted by Crippen LogP contribution is 2.28. The maximum absolute atomic E-state index is 5.39. The highest BCUT2D eigenvalue weighted by Gasteiger charge is 2.24. The lowest BCUT2D eigenvalue weighted by molar-refractivity contribution is 0.192. The lowest BCUT2D eigenvalue weighted by Gasteiger charge is -2.00. The van der Waals surface area contributed by atoms with E-state index in [2.05, 4.69) is 15.1 Å². The molecule has 0 saturated carbocycles. The summed E-state index contributed by atoms with van der Waals surface area (Å²) in [7, 11) is 0. The van der Waals surface area contributed by atoms with Gasteiger partial charge in [-0.1, -0.05) is 29.4 Å². The minimum absolute atomic E-state index is 0.238. The van der Waals surface area contributed by atoms with Crippen LogP contribution >= 0.6 is 0 Å². The second-order valence-corrected chi connectivity index (χ2v) is 4.90. The first-order valence-electron chi connectivity index (χ1n) is 6.67. The Hall–Kier alpha value is -2.27. The normalized spacial score (nSPS) is 18.7. The molecule has 0 radical (unpaired) electrons. The van der Waals surface area contributed by atoms with E-state index in [0.29, 0.717) is 18.3 Å². The van der Waals surface area contributed by atoms with Gasteiger partial charge in [-0.05, 0) is 17.9 Å². The van der Waals surface area contributed by atoms with Crippen LogP contribution in [-0.2, 0) is 4.74 Å². The molecule has 0 bridgehead atoms. The lowest BCUT2D eigenvalue weighted by Crippen LogP contribution is -1.99. The van der Waals surface area contributed by atoms with Gasteiger partial charge in [0.2, 0.25) is 0 Å². The van der Waals surface area contributed by atoms with Crippen molar-refractivity contribution < 1.29 is 9.26 Å². The van der Waals surface area contributed by atoms with Crippen molar-refractivity contribution in [2.75, 3.05) is 13.2 Å². The Bertz CT molecular complexity index is 742. The zero-order valence-electron chi connectivity index (χ0n) is 10.8. The fourth-order valence-corrected chi connectivity index (χ4v) is 2.53. The van der Waals surface area contributed by atoms with E-state index in [9.17, 15) is 0 Å². The van der Waals surface area contributed by atoms with Gasteiger partial charge in [0.15, 0.2) is 5.82 Å². The number of aromatic nitrogens is 3. The molecule has 100 valence electrons. The Kier molecular flexibility index (Phi) is 2.70. The van der Waals surface area contributed by atoms with E-state index in [0.717, 1.165) is 29.5 Å². The highest BCUT2D eigenvalue weighted by atomic mass is 16.5. The number of pyridine rings is 1. The fourth-order valence-electron chi connectivity index (χ4n) is 2.53. The van der Waals surface area contributed by atoms with Gasteiger partial charge in [0.25, 0.3) is 5.89 Å². The summed E-state index contributed by atoms with van der Waals surface area (Å²) in [5, 5.41) is 6.21. The van der Waals surface area contributed by atoms with Crippen LogP contribution in [0, 0.1) is 0 Å².